The molecule has 1 fully saturated rings. The van der Waals surface area contributed by atoms with E-state index in [-0.39, 0.29) is 46.7 Å². The number of carbonyl (C=O) groups excluding carboxylic acids is 4. The van der Waals surface area contributed by atoms with Crippen molar-refractivity contribution >= 4 is 52.2 Å². The van der Waals surface area contributed by atoms with Crippen LogP contribution >= 0.6 is 11.6 Å². The van der Waals surface area contributed by atoms with E-state index in [4.69, 9.17) is 20.8 Å². The molecule has 3 aromatic carbocycles. The summed E-state index contributed by atoms with van der Waals surface area (Å²) in [6, 6.07) is 15.5. The number of hydrogen-bond donors (Lipinski definition) is 5. The number of aromatic amines is 1. The number of fused-ring (bicyclic) bond motifs is 1. The zero-order chi connectivity index (χ0) is 38.4. The molecule has 53 heavy (non-hydrogen) atoms. The van der Waals surface area contributed by atoms with Gasteiger partial charge in [-0.05, 0) is 120 Å². The Labute approximate surface area is 313 Å². The SMILES string of the molecule is Cc1cc(C(=O)NC(C)C)ccc1-c1ccc(C[C@H](NC(=O)C2CCC(CNC(=O)OC(C)(C)C)CC2)C(=O)Nc2cc(Cl)c3oc(=O)[nH]c3c2)cc1. The summed E-state index contributed by atoms with van der Waals surface area (Å²) in [7, 11) is 0. The van der Waals surface area contributed by atoms with Crippen molar-refractivity contribution in [1.29, 1.82) is 0 Å². The summed E-state index contributed by atoms with van der Waals surface area (Å²) in [4.78, 5) is 66.4. The summed E-state index contributed by atoms with van der Waals surface area (Å²) in [5.74, 6) is -1.54. The third-order valence-corrected chi connectivity index (χ3v) is 9.42. The lowest BCUT2D eigenvalue weighted by Gasteiger charge is -2.29. The van der Waals surface area contributed by atoms with E-state index in [0.717, 1.165) is 35.1 Å². The number of rotatable bonds is 11. The third kappa shape index (κ3) is 10.7. The number of H-pyrrole nitrogens is 1. The highest BCUT2D eigenvalue weighted by atomic mass is 35.5. The van der Waals surface area contributed by atoms with Gasteiger partial charge in [0.15, 0.2) is 5.58 Å². The molecule has 4 amide bonds. The quantitative estimate of drug-likeness (QED) is 0.111. The molecule has 1 aliphatic rings. The Kier molecular flexibility index (Phi) is 12.3. The first-order valence-electron chi connectivity index (χ1n) is 18.0. The molecular formula is C40H48ClN5O7. The first-order chi connectivity index (χ1) is 25.0. The number of benzene rings is 3. The van der Waals surface area contributed by atoms with Gasteiger partial charge in [-0.25, -0.2) is 9.59 Å². The summed E-state index contributed by atoms with van der Waals surface area (Å²) in [6.45, 7) is 11.7. The van der Waals surface area contributed by atoms with E-state index in [1.807, 2.05) is 77.9 Å². The van der Waals surface area contributed by atoms with Crippen LogP contribution < -0.4 is 27.0 Å². The zero-order valence-corrected chi connectivity index (χ0v) is 31.7. The number of carbonyl (C=O) groups is 4. The second-order valence-corrected chi connectivity index (χ2v) is 15.5. The lowest BCUT2D eigenvalue weighted by molar-refractivity contribution is -0.130. The van der Waals surface area contributed by atoms with Crippen LogP contribution in [0.2, 0.25) is 5.02 Å². The highest BCUT2D eigenvalue weighted by Crippen LogP contribution is 2.30. The van der Waals surface area contributed by atoms with Gasteiger partial charge in [0.1, 0.15) is 11.6 Å². The topological polar surface area (TPSA) is 172 Å². The smallest absolute Gasteiger partial charge is 0.417 e. The van der Waals surface area contributed by atoms with Crippen molar-refractivity contribution in [2.45, 2.75) is 91.3 Å². The first-order valence-corrected chi connectivity index (χ1v) is 18.3. The van der Waals surface area contributed by atoms with Gasteiger partial charge in [0.05, 0.1) is 10.5 Å². The predicted octanol–water partition coefficient (Wildman–Crippen LogP) is 6.89. The monoisotopic (exact) mass is 745 g/mol. The van der Waals surface area contributed by atoms with Gasteiger partial charge in [0.2, 0.25) is 11.8 Å². The number of alkyl carbamates (subject to hydrolysis) is 1. The van der Waals surface area contributed by atoms with Crippen LogP contribution in [-0.2, 0) is 20.7 Å². The molecule has 0 bridgehead atoms. The second kappa shape index (κ2) is 16.7. The highest BCUT2D eigenvalue weighted by molar-refractivity contribution is 6.35. The summed E-state index contributed by atoms with van der Waals surface area (Å²) < 4.78 is 10.4. The molecule has 1 aliphatic carbocycles. The Bertz CT molecular complexity index is 2020. The molecule has 5 rings (SSSR count). The minimum Gasteiger partial charge on any atom is -0.444 e. The van der Waals surface area contributed by atoms with Gasteiger partial charge in [-0.3, -0.25) is 19.4 Å². The van der Waals surface area contributed by atoms with Gasteiger partial charge in [-0.2, -0.15) is 0 Å². The van der Waals surface area contributed by atoms with Gasteiger partial charge in [-0.15, -0.1) is 0 Å². The number of ether oxygens (including phenoxy) is 1. The fraction of sp³-hybridized carbons (Fsp3) is 0.425. The van der Waals surface area contributed by atoms with E-state index in [9.17, 15) is 24.0 Å². The highest BCUT2D eigenvalue weighted by Gasteiger charge is 2.30. The summed E-state index contributed by atoms with van der Waals surface area (Å²) in [6.07, 6.45) is 2.48. The van der Waals surface area contributed by atoms with Crippen LogP contribution in [0.15, 0.2) is 63.8 Å². The van der Waals surface area contributed by atoms with Crippen molar-refractivity contribution in [3.8, 4) is 11.1 Å². The number of oxazole rings is 1. The Morgan fingerprint density at radius 3 is 2.30 bits per heavy atom. The maximum Gasteiger partial charge on any atom is 0.417 e. The summed E-state index contributed by atoms with van der Waals surface area (Å²) in [5.41, 5.74) is 4.54. The number of aryl methyl sites for hydroxylation is 1. The Morgan fingerprint density at radius 2 is 1.66 bits per heavy atom. The molecule has 1 atom stereocenters. The molecule has 12 nitrogen and oxygen atoms in total. The molecule has 1 saturated carbocycles. The van der Waals surface area contributed by atoms with Gasteiger partial charge in [0.25, 0.3) is 5.91 Å². The summed E-state index contributed by atoms with van der Waals surface area (Å²) >= 11 is 6.33. The van der Waals surface area contributed by atoms with E-state index in [0.29, 0.717) is 36.2 Å². The number of anilines is 1. The van der Waals surface area contributed by atoms with Crippen LogP contribution in [0.5, 0.6) is 0 Å². The fourth-order valence-electron chi connectivity index (χ4n) is 6.52. The Morgan fingerprint density at radius 1 is 0.962 bits per heavy atom. The maximum absolute atomic E-state index is 13.8. The standard InChI is InChI=1S/C40H48ClN5O7/c1-22(2)43-36(48)28-15-16-30(23(3)17-28)26-11-7-24(8-12-26)18-33(37(49)44-29-19-31(41)34-32(20-29)46-39(51)52-34)45-35(47)27-13-9-25(10-14-27)21-42-38(50)53-40(4,5)6/h7-8,11-12,15-17,19-20,22,25,27,33H,9-10,13-14,18,21H2,1-6H3,(H,42,50)(H,43,48)(H,44,49)(H,45,47)(H,46,51)/t25?,27?,33-/m0/s1. The number of aromatic nitrogens is 1. The normalized spacial score (nSPS) is 16.5. The third-order valence-electron chi connectivity index (χ3n) is 9.14. The van der Waals surface area contributed by atoms with Crippen LogP contribution in [0.4, 0.5) is 10.5 Å². The van der Waals surface area contributed by atoms with Crippen LogP contribution in [0.25, 0.3) is 22.2 Å². The Balaban J connectivity index is 1.28. The minimum absolute atomic E-state index is 0.0315. The maximum atomic E-state index is 13.8. The molecule has 0 saturated heterocycles. The number of nitrogens with one attached hydrogen (secondary N) is 5. The zero-order valence-electron chi connectivity index (χ0n) is 31.0. The molecule has 4 aromatic rings. The predicted molar refractivity (Wildman–Crippen MR) is 205 cm³/mol. The minimum atomic E-state index is -0.932. The summed E-state index contributed by atoms with van der Waals surface area (Å²) in [5, 5.41) is 11.7. The molecule has 0 radical (unpaired) electrons. The molecule has 13 heteroatoms. The van der Waals surface area contributed by atoms with Crippen molar-refractivity contribution in [2.24, 2.45) is 11.8 Å². The van der Waals surface area contributed by atoms with E-state index in [1.54, 1.807) is 12.1 Å². The van der Waals surface area contributed by atoms with Crippen molar-refractivity contribution in [2.75, 3.05) is 11.9 Å². The van der Waals surface area contributed by atoms with E-state index < -0.39 is 29.4 Å². The van der Waals surface area contributed by atoms with Gasteiger partial charge in [-0.1, -0.05) is 41.9 Å². The number of amides is 4. The van der Waals surface area contributed by atoms with Crippen molar-refractivity contribution in [3.05, 3.63) is 86.9 Å². The molecular weight excluding hydrogens is 698 g/mol. The molecule has 1 heterocycles. The number of hydrogen-bond acceptors (Lipinski definition) is 7. The molecule has 282 valence electrons. The number of halogens is 1. The molecule has 1 aromatic heterocycles. The van der Waals surface area contributed by atoms with E-state index in [1.165, 1.54) is 6.07 Å². The van der Waals surface area contributed by atoms with Crippen molar-refractivity contribution in [3.63, 3.8) is 0 Å². The lowest BCUT2D eigenvalue weighted by atomic mass is 9.81. The average Bonchev–Trinajstić information content (AvgIpc) is 3.47. The van der Waals surface area contributed by atoms with Gasteiger partial charge >= 0.3 is 11.8 Å². The molecule has 0 aliphatic heterocycles. The van der Waals surface area contributed by atoms with Crippen molar-refractivity contribution < 1.29 is 28.3 Å². The first kappa shape index (κ1) is 39.1. The van der Waals surface area contributed by atoms with Crippen LogP contribution in [0.3, 0.4) is 0 Å². The average molecular weight is 746 g/mol. The van der Waals surface area contributed by atoms with Crippen LogP contribution in [-0.4, -0.2) is 53.0 Å². The van der Waals surface area contributed by atoms with Crippen LogP contribution in [0.1, 0.15) is 81.8 Å². The lowest BCUT2D eigenvalue weighted by Crippen LogP contribution is -2.48. The second-order valence-electron chi connectivity index (χ2n) is 15.1. The van der Waals surface area contributed by atoms with Gasteiger partial charge in [0, 0.05) is 36.2 Å². The van der Waals surface area contributed by atoms with Gasteiger partial charge < -0.3 is 30.4 Å². The van der Waals surface area contributed by atoms with E-state index in [2.05, 4.69) is 26.3 Å². The molecule has 0 unspecified atom stereocenters. The van der Waals surface area contributed by atoms with Crippen molar-refractivity contribution in [1.82, 2.24) is 20.9 Å². The molecule has 0 spiro atoms. The van der Waals surface area contributed by atoms with E-state index >= 15 is 0 Å². The largest absolute Gasteiger partial charge is 0.444 e. The Hall–Kier alpha value is -5.10. The fourth-order valence-corrected chi connectivity index (χ4v) is 6.78. The molecule has 5 N–H and O–H groups in total. The van der Waals surface area contributed by atoms with Crippen LogP contribution in [0, 0.1) is 18.8 Å².